The maximum absolute atomic E-state index is 11.7. The SMILES string of the molecule is C=C(C)C(=O)OCCCCCCCCCCOC(=O)CCCCC1NC(=S)NC1=O. The van der Waals surface area contributed by atoms with Gasteiger partial charge in [-0.3, -0.25) is 9.59 Å². The van der Waals surface area contributed by atoms with Crippen LogP contribution in [0.5, 0.6) is 0 Å². The third-order valence-corrected chi connectivity index (χ3v) is 5.09. The number of amides is 1. The first kappa shape index (κ1) is 26.1. The molecule has 0 aromatic rings. The maximum Gasteiger partial charge on any atom is 0.333 e. The van der Waals surface area contributed by atoms with Crippen molar-refractivity contribution in [1.82, 2.24) is 10.6 Å². The number of rotatable bonds is 17. The molecule has 2 N–H and O–H groups in total. The number of hydrogen-bond donors (Lipinski definition) is 2. The van der Waals surface area contributed by atoms with E-state index in [9.17, 15) is 14.4 Å². The lowest BCUT2D eigenvalue weighted by Crippen LogP contribution is -2.28. The first-order valence-corrected chi connectivity index (χ1v) is 11.4. The highest BCUT2D eigenvalue weighted by Gasteiger charge is 2.26. The van der Waals surface area contributed by atoms with Gasteiger partial charge in [0.15, 0.2) is 5.11 Å². The monoisotopic (exact) mass is 440 g/mol. The summed E-state index contributed by atoms with van der Waals surface area (Å²) >= 11 is 4.89. The van der Waals surface area contributed by atoms with Crippen LogP contribution in [-0.2, 0) is 23.9 Å². The molecular weight excluding hydrogens is 404 g/mol. The van der Waals surface area contributed by atoms with Gasteiger partial charge < -0.3 is 20.1 Å². The maximum atomic E-state index is 11.7. The van der Waals surface area contributed by atoms with Crippen molar-refractivity contribution in [2.75, 3.05) is 13.2 Å². The normalized spacial score (nSPS) is 15.4. The molecule has 0 aromatic heterocycles. The van der Waals surface area contributed by atoms with Crippen LogP contribution < -0.4 is 10.6 Å². The highest BCUT2D eigenvalue weighted by molar-refractivity contribution is 7.80. The van der Waals surface area contributed by atoms with Crippen molar-refractivity contribution in [3.05, 3.63) is 12.2 Å². The second-order valence-corrected chi connectivity index (χ2v) is 8.13. The molecule has 1 rings (SSSR count). The fraction of sp³-hybridized carbons (Fsp3) is 0.727. The number of unbranched alkanes of at least 4 members (excludes halogenated alkanes) is 8. The molecule has 0 saturated carbocycles. The zero-order valence-electron chi connectivity index (χ0n) is 18.1. The van der Waals surface area contributed by atoms with E-state index in [1.54, 1.807) is 6.92 Å². The molecule has 1 unspecified atom stereocenters. The average Bonchev–Trinajstić information content (AvgIpc) is 3.02. The standard InChI is InChI=1S/C22H36N2O5S/c1-17(2)21(27)29-16-12-8-6-4-3-5-7-11-15-28-19(25)14-10-9-13-18-20(26)24-22(30)23-18/h18H,1,3-16H2,2H3,(H2,23,24,26,30). The molecule has 1 amide bonds. The molecule has 170 valence electrons. The van der Waals surface area contributed by atoms with E-state index in [1.807, 2.05) is 0 Å². The van der Waals surface area contributed by atoms with Crippen molar-refractivity contribution in [1.29, 1.82) is 0 Å². The third kappa shape index (κ3) is 12.6. The van der Waals surface area contributed by atoms with Crippen LogP contribution in [0.25, 0.3) is 0 Å². The Labute approximate surface area is 185 Å². The summed E-state index contributed by atoms with van der Waals surface area (Å²) in [4.78, 5) is 34.4. The fourth-order valence-corrected chi connectivity index (χ4v) is 3.33. The summed E-state index contributed by atoms with van der Waals surface area (Å²) < 4.78 is 10.3. The molecule has 0 aliphatic carbocycles. The van der Waals surface area contributed by atoms with Crippen LogP contribution in [-0.4, -0.2) is 42.2 Å². The number of carbonyl (C=O) groups excluding carboxylic acids is 3. The topological polar surface area (TPSA) is 93.7 Å². The first-order valence-electron chi connectivity index (χ1n) is 11.0. The van der Waals surface area contributed by atoms with Gasteiger partial charge >= 0.3 is 11.9 Å². The Balaban J connectivity index is 1.81. The predicted molar refractivity (Wildman–Crippen MR) is 120 cm³/mol. The second kappa shape index (κ2) is 15.8. The molecule has 0 bridgehead atoms. The first-order chi connectivity index (χ1) is 14.4. The number of esters is 2. The molecule has 0 spiro atoms. The number of ether oxygens (including phenoxy) is 2. The van der Waals surface area contributed by atoms with Gasteiger partial charge in [-0.1, -0.05) is 51.5 Å². The van der Waals surface area contributed by atoms with E-state index in [1.165, 1.54) is 12.8 Å². The van der Waals surface area contributed by atoms with Crippen LogP contribution in [0.2, 0.25) is 0 Å². The Bertz CT molecular complexity index is 594. The fourth-order valence-electron chi connectivity index (χ4n) is 3.09. The van der Waals surface area contributed by atoms with Gasteiger partial charge in [0.05, 0.1) is 13.2 Å². The minimum absolute atomic E-state index is 0.0910. The van der Waals surface area contributed by atoms with Gasteiger partial charge in [-0.15, -0.1) is 0 Å². The van der Waals surface area contributed by atoms with Gasteiger partial charge in [0.25, 0.3) is 0 Å². The summed E-state index contributed by atoms with van der Waals surface area (Å²) in [6, 6.07) is -0.271. The smallest absolute Gasteiger partial charge is 0.333 e. The lowest BCUT2D eigenvalue weighted by atomic mass is 10.1. The zero-order valence-corrected chi connectivity index (χ0v) is 18.9. The summed E-state index contributed by atoms with van der Waals surface area (Å²) in [6.07, 6.45) is 11.1. The van der Waals surface area contributed by atoms with Crippen molar-refractivity contribution in [2.24, 2.45) is 0 Å². The molecule has 1 aliphatic heterocycles. The van der Waals surface area contributed by atoms with Crippen molar-refractivity contribution in [2.45, 2.75) is 90.0 Å². The molecule has 1 aliphatic rings. The largest absolute Gasteiger partial charge is 0.466 e. The third-order valence-electron chi connectivity index (χ3n) is 4.87. The molecule has 1 saturated heterocycles. The Kier molecular flexibility index (Phi) is 13.8. The van der Waals surface area contributed by atoms with Crippen LogP contribution >= 0.6 is 12.2 Å². The summed E-state index contributed by atoms with van der Waals surface area (Å²) in [6.45, 7) is 6.15. The Morgan fingerprint density at radius 3 is 2.03 bits per heavy atom. The van der Waals surface area contributed by atoms with Crippen molar-refractivity contribution >= 4 is 35.2 Å². The molecule has 7 nitrogen and oxygen atoms in total. The lowest BCUT2D eigenvalue weighted by Gasteiger charge is -2.08. The van der Waals surface area contributed by atoms with E-state index in [0.717, 1.165) is 44.9 Å². The average molecular weight is 441 g/mol. The van der Waals surface area contributed by atoms with E-state index in [-0.39, 0.29) is 23.9 Å². The minimum Gasteiger partial charge on any atom is -0.466 e. The summed E-state index contributed by atoms with van der Waals surface area (Å²) in [5.41, 5.74) is 0.443. The lowest BCUT2D eigenvalue weighted by molar-refractivity contribution is -0.144. The van der Waals surface area contributed by atoms with Gasteiger partial charge in [-0.2, -0.15) is 0 Å². The molecular formula is C22H36N2O5S. The molecule has 8 heteroatoms. The van der Waals surface area contributed by atoms with Gasteiger partial charge in [0.1, 0.15) is 6.04 Å². The number of carbonyl (C=O) groups is 3. The molecule has 1 heterocycles. The van der Waals surface area contributed by atoms with Crippen LogP contribution in [0, 0.1) is 0 Å². The van der Waals surface area contributed by atoms with Gasteiger partial charge in [-0.05, 0) is 44.8 Å². The van der Waals surface area contributed by atoms with Crippen LogP contribution in [0.3, 0.4) is 0 Å². The van der Waals surface area contributed by atoms with Crippen LogP contribution in [0.15, 0.2) is 12.2 Å². The summed E-state index contributed by atoms with van der Waals surface area (Å²) in [7, 11) is 0. The summed E-state index contributed by atoms with van der Waals surface area (Å²) in [5, 5.41) is 5.85. The molecule has 1 fully saturated rings. The van der Waals surface area contributed by atoms with E-state index >= 15 is 0 Å². The summed E-state index contributed by atoms with van der Waals surface area (Å²) in [5.74, 6) is -0.565. The van der Waals surface area contributed by atoms with Gasteiger partial charge in [-0.25, -0.2) is 4.79 Å². The molecule has 0 radical (unpaired) electrons. The van der Waals surface area contributed by atoms with E-state index in [2.05, 4.69) is 17.2 Å². The Morgan fingerprint density at radius 1 is 0.933 bits per heavy atom. The molecule has 1 atom stereocenters. The Morgan fingerprint density at radius 2 is 1.50 bits per heavy atom. The van der Waals surface area contributed by atoms with Crippen LogP contribution in [0.1, 0.15) is 84.0 Å². The molecule has 30 heavy (non-hydrogen) atoms. The number of nitrogens with one attached hydrogen (secondary N) is 2. The molecule has 0 aromatic carbocycles. The van der Waals surface area contributed by atoms with Crippen molar-refractivity contribution in [3.8, 4) is 0 Å². The van der Waals surface area contributed by atoms with Crippen molar-refractivity contribution < 1.29 is 23.9 Å². The van der Waals surface area contributed by atoms with Crippen molar-refractivity contribution in [3.63, 3.8) is 0 Å². The zero-order chi connectivity index (χ0) is 22.2. The van der Waals surface area contributed by atoms with Gasteiger partial charge in [0, 0.05) is 12.0 Å². The predicted octanol–water partition coefficient (Wildman–Crippen LogP) is 3.70. The number of hydrogen-bond acceptors (Lipinski definition) is 6. The van der Waals surface area contributed by atoms with Crippen LogP contribution in [0.4, 0.5) is 0 Å². The van der Waals surface area contributed by atoms with E-state index < -0.39 is 0 Å². The minimum atomic E-state index is -0.309. The van der Waals surface area contributed by atoms with E-state index in [4.69, 9.17) is 21.7 Å². The quantitative estimate of drug-likeness (QED) is 0.154. The van der Waals surface area contributed by atoms with Gasteiger partial charge in [0.2, 0.25) is 5.91 Å². The highest BCUT2D eigenvalue weighted by Crippen LogP contribution is 2.10. The number of thiocarbonyl (C=S) groups is 1. The Hall–Kier alpha value is -1.96. The highest BCUT2D eigenvalue weighted by atomic mass is 32.1. The second-order valence-electron chi connectivity index (χ2n) is 7.73. The van der Waals surface area contributed by atoms with E-state index in [0.29, 0.717) is 43.2 Å².